The van der Waals surface area contributed by atoms with Crippen LogP contribution in [0.1, 0.15) is 26.7 Å². The molecule has 3 aromatic rings. The number of hydrogen-bond acceptors (Lipinski definition) is 6. The third kappa shape index (κ3) is 5.30. The van der Waals surface area contributed by atoms with Crippen LogP contribution in [0, 0.1) is 0 Å². The molecule has 2 atom stereocenters. The first-order valence-corrected chi connectivity index (χ1v) is 13.9. The van der Waals surface area contributed by atoms with Crippen LogP contribution >= 0.6 is 11.8 Å². The van der Waals surface area contributed by atoms with Crippen LogP contribution in [0.4, 0.5) is 0 Å². The van der Waals surface area contributed by atoms with E-state index in [4.69, 9.17) is 0 Å². The first-order valence-electron chi connectivity index (χ1n) is 11.1. The Morgan fingerprint density at radius 1 is 1.12 bits per heavy atom. The molecule has 9 heteroatoms. The van der Waals surface area contributed by atoms with Crippen molar-refractivity contribution in [3.63, 3.8) is 0 Å². The van der Waals surface area contributed by atoms with Crippen LogP contribution in [-0.4, -0.2) is 63.3 Å². The van der Waals surface area contributed by atoms with Crippen molar-refractivity contribution in [1.82, 2.24) is 19.7 Å². The second-order valence-electron chi connectivity index (χ2n) is 8.25. The fraction of sp³-hybridized carbons (Fsp3) is 0.375. The summed E-state index contributed by atoms with van der Waals surface area (Å²) >= 11 is 1.33. The van der Waals surface area contributed by atoms with Gasteiger partial charge in [0.15, 0.2) is 20.8 Å². The van der Waals surface area contributed by atoms with E-state index in [0.717, 1.165) is 17.7 Å². The zero-order valence-electron chi connectivity index (χ0n) is 18.8. The number of thioether (sulfide) groups is 1. The van der Waals surface area contributed by atoms with E-state index in [9.17, 15) is 13.2 Å². The van der Waals surface area contributed by atoms with Gasteiger partial charge in [-0.05, 0) is 31.9 Å². The Bertz CT molecular complexity index is 1200. The van der Waals surface area contributed by atoms with Crippen LogP contribution in [0.2, 0.25) is 0 Å². The molecule has 1 aromatic heterocycles. The second kappa shape index (κ2) is 10.1. The second-order valence-corrected chi connectivity index (χ2v) is 11.4. The Labute approximate surface area is 199 Å². The van der Waals surface area contributed by atoms with Crippen LogP contribution < -0.4 is 0 Å². The number of aromatic nitrogens is 3. The summed E-state index contributed by atoms with van der Waals surface area (Å²) in [6, 6.07) is 19.4. The summed E-state index contributed by atoms with van der Waals surface area (Å²) in [6.07, 6.45) is 1.27. The zero-order valence-corrected chi connectivity index (χ0v) is 20.4. The highest BCUT2D eigenvalue weighted by atomic mass is 32.2. The minimum Gasteiger partial charge on any atom is -0.335 e. The van der Waals surface area contributed by atoms with Crippen molar-refractivity contribution in [2.75, 3.05) is 17.3 Å². The summed E-state index contributed by atoms with van der Waals surface area (Å²) in [6.45, 7) is 3.99. The molecule has 4 rings (SSSR count). The Hall–Kier alpha value is -2.65. The maximum atomic E-state index is 13.3. The SMILES string of the molecule is CCC(C)N(C(=O)CSc1nnc(-c2ccccc2)n1-c1ccccc1)C1CCS(=O)(=O)C1. The van der Waals surface area contributed by atoms with E-state index >= 15 is 0 Å². The molecule has 0 saturated carbocycles. The van der Waals surface area contributed by atoms with Gasteiger partial charge in [-0.1, -0.05) is 67.2 Å². The summed E-state index contributed by atoms with van der Waals surface area (Å²) < 4.78 is 26.0. The molecular weight excluding hydrogens is 456 g/mol. The predicted octanol–water partition coefficient (Wildman–Crippen LogP) is 3.84. The molecule has 0 spiro atoms. The smallest absolute Gasteiger partial charge is 0.233 e. The van der Waals surface area contributed by atoms with Gasteiger partial charge in [0.2, 0.25) is 5.91 Å². The van der Waals surface area contributed by atoms with Crippen LogP contribution in [0.15, 0.2) is 65.8 Å². The Kier molecular flexibility index (Phi) is 7.19. The molecule has 1 fully saturated rings. The Morgan fingerprint density at radius 2 is 1.79 bits per heavy atom. The van der Waals surface area contributed by atoms with Gasteiger partial charge in [0, 0.05) is 23.3 Å². The average molecular weight is 485 g/mol. The molecule has 0 radical (unpaired) electrons. The number of benzene rings is 2. The lowest BCUT2D eigenvalue weighted by atomic mass is 10.1. The van der Waals surface area contributed by atoms with Crippen molar-refractivity contribution < 1.29 is 13.2 Å². The topological polar surface area (TPSA) is 85.2 Å². The number of sulfone groups is 1. The fourth-order valence-electron chi connectivity index (χ4n) is 4.15. The van der Waals surface area contributed by atoms with E-state index in [-0.39, 0.29) is 35.2 Å². The highest BCUT2D eigenvalue weighted by Crippen LogP contribution is 2.29. The third-order valence-electron chi connectivity index (χ3n) is 5.96. The molecular formula is C24H28N4O3S2. The fourth-order valence-corrected chi connectivity index (χ4v) is 6.68. The molecule has 1 aliphatic heterocycles. The van der Waals surface area contributed by atoms with Crippen LogP contribution in [0.5, 0.6) is 0 Å². The molecule has 1 saturated heterocycles. The van der Waals surface area contributed by atoms with Gasteiger partial charge >= 0.3 is 0 Å². The van der Waals surface area contributed by atoms with Crippen LogP contribution in [0.3, 0.4) is 0 Å². The molecule has 1 amide bonds. The van der Waals surface area contributed by atoms with Crippen LogP contribution in [-0.2, 0) is 14.6 Å². The van der Waals surface area contributed by atoms with Crippen molar-refractivity contribution in [1.29, 1.82) is 0 Å². The normalized spacial score (nSPS) is 18.2. The first-order chi connectivity index (χ1) is 15.9. The van der Waals surface area contributed by atoms with Crippen molar-refractivity contribution in [3.8, 4) is 17.1 Å². The number of nitrogens with zero attached hydrogens (tertiary/aromatic N) is 4. The number of carbonyl (C=O) groups is 1. The van der Waals surface area contributed by atoms with Crippen molar-refractivity contribution in [2.45, 2.75) is 43.9 Å². The maximum absolute atomic E-state index is 13.3. The molecule has 33 heavy (non-hydrogen) atoms. The summed E-state index contributed by atoms with van der Waals surface area (Å²) in [5, 5.41) is 9.44. The van der Waals surface area contributed by atoms with Gasteiger partial charge in [0.1, 0.15) is 0 Å². The summed E-state index contributed by atoms with van der Waals surface area (Å²) in [4.78, 5) is 15.1. The molecule has 0 aliphatic carbocycles. The van der Waals surface area contributed by atoms with E-state index in [2.05, 4.69) is 10.2 Å². The number of hydrogen-bond donors (Lipinski definition) is 0. The molecule has 2 unspecified atom stereocenters. The summed E-state index contributed by atoms with van der Waals surface area (Å²) in [5.74, 6) is 0.998. The molecule has 1 aliphatic rings. The number of rotatable bonds is 8. The summed E-state index contributed by atoms with van der Waals surface area (Å²) in [7, 11) is -3.08. The lowest BCUT2D eigenvalue weighted by Crippen LogP contribution is -2.47. The molecule has 0 N–H and O–H groups in total. The average Bonchev–Trinajstić information content (AvgIpc) is 3.41. The maximum Gasteiger partial charge on any atom is 0.233 e. The third-order valence-corrected chi connectivity index (χ3v) is 8.62. The standard InChI is InChI=1S/C24H28N4O3S2/c1-3-18(2)27(21-14-15-33(30,31)17-21)22(29)16-32-24-26-25-23(19-10-6-4-7-11-19)28(24)20-12-8-5-9-13-20/h4-13,18,21H,3,14-17H2,1-2H3. The Morgan fingerprint density at radius 3 is 2.39 bits per heavy atom. The minimum atomic E-state index is -3.08. The Balaban J connectivity index is 1.60. The molecule has 7 nitrogen and oxygen atoms in total. The quantitative estimate of drug-likeness (QED) is 0.452. The van der Waals surface area contributed by atoms with E-state index in [0.29, 0.717) is 17.4 Å². The van der Waals surface area contributed by atoms with Crippen molar-refractivity contribution >= 4 is 27.5 Å². The number of carbonyl (C=O) groups excluding carboxylic acids is 1. The van der Waals surface area contributed by atoms with Gasteiger partial charge in [0.05, 0.1) is 17.3 Å². The van der Waals surface area contributed by atoms with Crippen LogP contribution in [0.25, 0.3) is 17.1 Å². The molecule has 2 aromatic carbocycles. The van der Waals surface area contributed by atoms with Gasteiger partial charge in [-0.25, -0.2) is 8.42 Å². The molecule has 0 bridgehead atoms. The van der Waals surface area contributed by atoms with Gasteiger partial charge in [-0.15, -0.1) is 10.2 Å². The monoisotopic (exact) mass is 484 g/mol. The van der Waals surface area contributed by atoms with Gasteiger partial charge < -0.3 is 4.90 Å². The lowest BCUT2D eigenvalue weighted by molar-refractivity contribution is -0.132. The predicted molar refractivity (Wildman–Crippen MR) is 131 cm³/mol. The largest absolute Gasteiger partial charge is 0.335 e. The van der Waals surface area contributed by atoms with Crippen molar-refractivity contribution in [3.05, 3.63) is 60.7 Å². The van der Waals surface area contributed by atoms with Gasteiger partial charge in [0.25, 0.3) is 0 Å². The highest BCUT2D eigenvalue weighted by Gasteiger charge is 2.36. The first kappa shape index (κ1) is 23.5. The summed E-state index contributed by atoms with van der Waals surface area (Å²) in [5.41, 5.74) is 1.85. The van der Waals surface area contributed by atoms with E-state index < -0.39 is 9.84 Å². The van der Waals surface area contributed by atoms with E-state index in [1.165, 1.54) is 11.8 Å². The molecule has 174 valence electrons. The van der Waals surface area contributed by atoms with Gasteiger partial charge in [-0.3, -0.25) is 9.36 Å². The number of para-hydroxylation sites is 1. The van der Waals surface area contributed by atoms with Crippen molar-refractivity contribution in [2.24, 2.45) is 0 Å². The number of amides is 1. The lowest BCUT2D eigenvalue weighted by Gasteiger charge is -2.33. The zero-order chi connectivity index (χ0) is 23.4. The highest BCUT2D eigenvalue weighted by molar-refractivity contribution is 7.99. The minimum absolute atomic E-state index is 0.0247. The van der Waals surface area contributed by atoms with E-state index in [1.54, 1.807) is 4.90 Å². The van der Waals surface area contributed by atoms with Gasteiger partial charge in [-0.2, -0.15) is 0 Å². The van der Waals surface area contributed by atoms with E-state index in [1.807, 2.05) is 79.1 Å². The molecule has 2 heterocycles.